The first-order chi connectivity index (χ1) is 30.5. The summed E-state index contributed by atoms with van der Waals surface area (Å²) in [6, 6.07) is 63.8. The molecule has 3 aromatic heterocycles. The molecule has 0 aliphatic heterocycles. The molecule has 6 nitrogen and oxygen atoms in total. The highest BCUT2D eigenvalue weighted by atomic mass is 32.1. The molecule has 0 spiro atoms. The average Bonchev–Trinajstić information content (AvgIpc) is 3.91. The van der Waals surface area contributed by atoms with Crippen molar-refractivity contribution in [2.45, 2.75) is 19.3 Å². The lowest BCUT2D eigenvalue weighted by Crippen LogP contribution is -2.14. The molecule has 8 aromatic carbocycles. The molecule has 3 heterocycles. The van der Waals surface area contributed by atoms with Crippen molar-refractivity contribution in [1.82, 2.24) is 28.7 Å². The summed E-state index contributed by atoms with van der Waals surface area (Å²) in [5.74, 6) is 1.85. The van der Waals surface area contributed by atoms with Gasteiger partial charge >= 0.3 is 0 Å². The Labute approximate surface area is 362 Å². The highest BCUT2D eigenvalue weighted by Gasteiger charge is 2.35. The third kappa shape index (κ3) is 5.92. The summed E-state index contributed by atoms with van der Waals surface area (Å²) in [7, 11) is 0. The van der Waals surface area contributed by atoms with Gasteiger partial charge in [-0.05, 0) is 74.8 Å². The van der Waals surface area contributed by atoms with Crippen LogP contribution in [0.3, 0.4) is 0 Å². The molecule has 0 N–H and O–H groups in total. The molecule has 0 saturated heterocycles. The van der Waals surface area contributed by atoms with Crippen LogP contribution in [-0.4, -0.2) is 28.7 Å². The van der Waals surface area contributed by atoms with Crippen molar-refractivity contribution in [2.75, 3.05) is 0 Å². The van der Waals surface area contributed by atoms with Crippen LogP contribution >= 0.6 is 11.7 Å². The molecular weight excluding hydrogens is 777 g/mol. The molecule has 292 valence electrons. The predicted octanol–water partition coefficient (Wildman–Crippen LogP) is 13.9. The minimum absolute atomic E-state index is 0.0625. The fraction of sp³-hybridized carbons (Fsp3) is 0.0545. The Bertz CT molecular complexity index is 3540. The van der Waals surface area contributed by atoms with Gasteiger partial charge in [-0.1, -0.05) is 166 Å². The lowest BCUT2D eigenvalue weighted by Gasteiger charge is -2.22. The molecule has 0 unspecified atom stereocenters. The molecule has 0 fully saturated rings. The Morgan fingerprint density at radius 2 is 0.935 bits per heavy atom. The van der Waals surface area contributed by atoms with Gasteiger partial charge in [-0.15, -0.1) is 0 Å². The van der Waals surface area contributed by atoms with Crippen molar-refractivity contribution in [3.63, 3.8) is 0 Å². The first kappa shape index (κ1) is 36.1. The maximum atomic E-state index is 5.30. The third-order valence-electron chi connectivity index (χ3n) is 12.4. The van der Waals surface area contributed by atoms with Crippen LogP contribution in [0.1, 0.15) is 25.0 Å². The van der Waals surface area contributed by atoms with Crippen LogP contribution in [0.5, 0.6) is 0 Å². The molecule has 7 heteroatoms. The molecular formula is C55H36N6S. The number of hydrogen-bond acceptors (Lipinski definition) is 7. The minimum Gasteiger partial charge on any atom is -0.247 e. The van der Waals surface area contributed by atoms with Crippen LogP contribution in [0.2, 0.25) is 0 Å². The smallest absolute Gasteiger partial charge is 0.164 e. The second kappa shape index (κ2) is 14.2. The molecule has 1 aliphatic rings. The molecule has 12 rings (SSSR count). The zero-order valence-electron chi connectivity index (χ0n) is 33.9. The van der Waals surface area contributed by atoms with Crippen molar-refractivity contribution in [1.29, 1.82) is 0 Å². The maximum absolute atomic E-state index is 5.30. The zero-order chi connectivity index (χ0) is 41.4. The summed E-state index contributed by atoms with van der Waals surface area (Å²) in [6.45, 7) is 4.64. The second-order valence-electron chi connectivity index (χ2n) is 16.4. The Balaban J connectivity index is 0.935. The number of rotatable bonds is 6. The Hall–Kier alpha value is -7.74. The van der Waals surface area contributed by atoms with E-state index in [2.05, 4.69) is 158 Å². The van der Waals surface area contributed by atoms with E-state index in [1.165, 1.54) is 39.5 Å². The number of aromatic nitrogens is 6. The molecule has 62 heavy (non-hydrogen) atoms. The molecule has 0 atom stereocenters. The van der Waals surface area contributed by atoms with E-state index < -0.39 is 0 Å². The maximum Gasteiger partial charge on any atom is 0.164 e. The van der Waals surface area contributed by atoms with E-state index in [1.807, 2.05) is 42.5 Å². The van der Waals surface area contributed by atoms with Gasteiger partial charge in [-0.3, -0.25) is 0 Å². The highest BCUT2D eigenvalue weighted by molar-refractivity contribution is 7.00. The second-order valence-corrected chi connectivity index (χ2v) is 17.0. The molecule has 0 bridgehead atoms. The number of hydrogen-bond donors (Lipinski definition) is 0. The Morgan fingerprint density at radius 3 is 1.73 bits per heavy atom. The van der Waals surface area contributed by atoms with E-state index in [1.54, 1.807) is 0 Å². The van der Waals surface area contributed by atoms with E-state index in [4.69, 9.17) is 24.3 Å². The first-order valence-corrected chi connectivity index (χ1v) is 21.5. The molecule has 11 aromatic rings. The van der Waals surface area contributed by atoms with Crippen LogP contribution in [0.25, 0.3) is 112 Å². The first-order valence-electron chi connectivity index (χ1n) is 20.8. The monoisotopic (exact) mass is 812 g/mol. The summed E-state index contributed by atoms with van der Waals surface area (Å²) in [5, 5.41) is 3.18. The van der Waals surface area contributed by atoms with Gasteiger partial charge in [0.15, 0.2) is 17.5 Å². The Morgan fingerprint density at radius 1 is 0.371 bits per heavy atom. The molecule has 0 amide bonds. The Kier molecular flexibility index (Phi) is 8.27. The number of benzene rings is 8. The standard InChI is InChI=1S/C55H36N6S/c1-55(2)45-19-10-9-18-41(45)42-26-24-38(31-46(42)55)33-20-22-36(23-21-33)53-57-52(35-14-7-4-8-15-35)58-54(59-53)40-17-11-16-37(30-40)39-25-27-43-48(32-39)56-50(34-12-5-3-6-13-34)44-28-29-47-51(49(43)44)61-62-60-47/h3-32H,1-2H3. The van der Waals surface area contributed by atoms with Crippen LogP contribution in [-0.2, 0) is 5.41 Å². The predicted molar refractivity (Wildman–Crippen MR) is 254 cm³/mol. The number of pyridine rings is 1. The minimum atomic E-state index is -0.0625. The molecule has 0 radical (unpaired) electrons. The van der Waals surface area contributed by atoms with E-state index >= 15 is 0 Å². The van der Waals surface area contributed by atoms with Crippen molar-refractivity contribution >= 4 is 44.4 Å². The third-order valence-corrected chi connectivity index (χ3v) is 13.0. The summed E-state index contributed by atoms with van der Waals surface area (Å²) in [4.78, 5) is 20.5. The highest BCUT2D eigenvalue weighted by Crippen LogP contribution is 2.49. The molecule has 0 saturated carbocycles. The largest absolute Gasteiger partial charge is 0.247 e. The van der Waals surface area contributed by atoms with E-state index in [9.17, 15) is 0 Å². The van der Waals surface area contributed by atoms with Gasteiger partial charge in [0, 0.05) is 43.8 Å². The fourth-order valence-electron chi connectivity index (χ4n) is 9.22. The summed E-state index contributed by atoms with van der Waals surface area (Å²) in [6.07, 6.45) is 0. The van der Waals surface area contributed by atoms with E-state index in [0.717, 1.165) is 77.3 Å². The van der Waals surface area contributed by atoms with Crippen LogP contribution in [0, 0.1) is 0 Å². The summed E-state index contributed by atoms with van der Waals surface area (Å²) in [5.41, 5.74) is 17.2. The summed E-state index contributed by atoms with van der Waals surface area (Å²) < 4.78 is 9.30. The normalized spacial score (nSPS) is 12.8. The van der Waals surface area contributed by atoms with Crippen LogP contribution in [0.4, 0.5) is 0 Å². The summed E-state index contributed by atoms with van der Waals surface area (Å²) >= 11 is 1.24. The number of fused-ring (bicyclic) bond motifs is 8. The van der Waals surface area contributed by atoms with E-state index in [-0.39, 0.29) is 5.41 Å². The van der Waals surface area contributed by atoms with Crippen LogP contribution < -0.4 is 0 Å². The van der Waals surface area contributed by atoms with Gasteiger partial charge in [-0.25, -0.2) is 19.9 Å². The van der Waals surface area contributed by atoms with Crippen LogP contribution in [0.15, 0.2) is 182 Å². The van der Waals surface area contributed by atoms with Crippen molar-refractivity contribution in [3.05, 3.63) is 193 Å². The SMILES string of the molecule is CC1(C)c2ccccc2-c2ccc(-c3ccc(-c4nc(-c5ccccc5)nc(-c5cccc(-c6ccc7c(c6)nc(-c6ccccc6)c6ccc8nsnc8c67)c5)n4)cc3)cc21. The van der Waals surface area contributed by atoms with Crippen molar-refractivity contribution < 1.29 is 0 Å². The fourth-order valence-corrected chi connectivity index (χ4v) is 9.76. The lowest BCUT2D eigenvalue weighted by molar-refractivity contribution is 0.660. The van der Waals surface area contributed by atoms with E-state index in [0.29, 0.717) is 17.5 Å². The topological polar surface area (TPSA) is 77.3 Å². The van der Waals surface area contributed by atoms with Crippen molar-refractivity contribution in [3.8, 4) is 78.8 Å². The van der Waals surface area contributed by atoms with Gasteiger partial charge in [0.1, 0.15) is 11.0 Å². The van der Waals surface area contributed by atoms with Gasteiger partial charge in [0.2, 0.25) is 0 Å². The molecule has 1 aliphatic carbocycles. The average molecular weight is 813 g/mol. The quantitative estimate of drug-likeness (QED) is 0.156. The van der Waals surface area contributed by atoms with Gasteiger partial charge in [0.25, 0.3) is 0 Å². The van der Waals surface area contributed by atoms with Gasteiger partial charge in [0.05, 0.1) is 22.9 Å². The zero-order valence-corrected chi connectivity index (χ0v) is 34.7. The lowest BCUT2D eigenvalue weighted by atomic mass is 9.81. The van der Waals surface area contributed by atoms with Gasteiger partial charge < -0.3 is 0 Å². The van der Waals surface area contributed by atoms with Crippen molar-refractivity contribution in [2.24, 2.45) is 0 Å². The number of nitrogens with zero attached hydrogens (tertiary/aromatic N) is 6. The van der Waals surface area contributed by atoms with Gasteiger partial charge in [-0.2, -0.15) is 8.75 Å².